The van der Waals surface area contributed by atoms with Crippen molar-refractivity contribution in [3.63, 3.8) is 0 Å². The zero-order chi connectivity index (χ0) is 44.1. The number of hydrogen-bond acceptors (Lipinski definition) is 16. The Morgan fingerprint density at radius 3 is 2.07 bits per heavy atom. The van der Waals surface area contributed by atoms with Crippen molar-refractivity contribution in [2.45, 2.75) is 69.6 Å². The van der Waals surface area contributed by atoms with Gasteiger partial charge in [0.1, 0.15) is 65.9 Å². The smallest absolute Gasteiger partial charge is 0.329 e. The van der Waals surface area contributed by atoms with Crippen LogP contribution < -0.4 is 32.6 Å². The summed E-state index contributed by atoms with van der Waals surface area (Å²) >= 11 is 7.19. The molecule has 3 unspecified atom stereocenters. The molecule has 2 aromatic carbocycles. The lowest BCUT2D eigenvalue weighted by Crippen LogP contribution is -2.51. The van der Waals surface area contributed by atoms with Crippen molar-refractivity contribution in [3.8, 4) is 40.5 Å². The summed E-state index contributed by atoms with van der Waals surface area (Å²) < 4.78 is 22.8. The number of nitrogens with zero attached hydrogens (tertiary/aromatic N) is 4. The summed E-state index contributed by atoms with van der Waals surface area (Å²) in [5.74, 6) is -2.64. The SMILES string of the molecule is CC(N)C(=O)NC(C(=O)O[C@H](COC(=O)C(NC(=O)CN)C(C)C)COc1ccc(-c2c(C#N)c(N)nc(SCc3coc(-c4ccc(Cl)cc4)n3)c2C#N)cc1)C(C)C. The number of hydrogen-bond donors (Lipinski definition) is 5. The Morgan fingerprint density at radius 2 is 1.48 bits per heavy atom. The molecule has 8 N–H and O–H groups in total. The first-order valence-electron chi connectivity index (χ1n) is 18.7. The number of aromatic nitrogens is 2. The first-order valence-corrected chi connectivity index (χ1v) is 20.1. The molecule has 0 fully saturated rings. The highest BCUT2D eigenvalue weighted by atomic mass is 35.5. The topological polar surface area (TPSA) is 285 Å². The van der Waals surface area contributed by atoms with Gasteiger partial charge in [-0.15, -0.1) is 0 Å². The monoisotopic (exact) mass is 859 g/mol. The van der Waals surface area contributed by atoms with Crippen molar-refractivity contribution in [1.82, 2.24) is 20.6 Å². The third-order valence-corrected chi connectivity index (χ3v) is 10.0. The highest BCUT2D eigenvalue weighted by molar-refractivity contribution is 7.98. The van der Waals surface area contributed by atoms with Gasteiger partial charge in [0.25, 0.3) is 0 Å². The lowest BCUT2D eigenvalue weighted by atomic mass is 9.97. The summed E-state index contributed by atoms with van der Waals surface area (Å²) in [4.78, 5) is 59.7. The molecule has 0 spiro atoms. The molecule has 60 heavy (non-hydrogen) atoms. The van der Waals surface area contributed by atoms with E-state index in [0.29, 0.717) is 22.2 Å². The first-order chi connectivity index (χ1) is 28.6. The van der Waals surface area contributed by atoms with Crippen LogP contribution in [-0.2, 0) is 34.4 Å². The molecule has 316 valence electrons. The van der Waals surface area contributed by atoms with Gasteiger partial charge in [0.15, 0.2) is 6.10 Å². The molecule has 4 aromatic rings. The Balaban J connectivity index is 1.55. The number of oxazole rings is 1. The van der Waals surface area contributed by atoms with Crippen LogP contribution >= 0.6 is 23.4 Å². The van der Waals surface area contributed by atoms with E-state index < -0.39 is 60.5 Å². The zero-order valence-corrected chi connectivity index (χ0v) is 35.1. The van der Waals surface area contributed by atoms with Crippen LogP contribution in [-0.4, -0.2) is 77.7 Å². The fourth-order valence-electron chi connectivity index (χ4n) is 5.47. The van der Waals surface area contributed by atoms with Crippen LogP contribution in [0.1, 0.15) is 51.4 Å². The maximum Gasteiger partial charge on any atom is 0.329 e. The number of benzene rings is 2. The second kappa shape index (κ2) is 21.7. The van der Waals surface area contributed by atoms with Crippen molar-refractivity contribution < 1.29 is 37.8 Å². The van der Waals surface area contributed by atoms with Crippen LogP contribution in [0.4, 0.5) is 5.82 Å². The molecule has 0 saturated heterocycles. The van der Waals surface area contributed by atoms with Crippen molar-refractivity contribution >= 4 is 52.9 Å². The Morgan fingerprint density at radius 1 is 0.867 bits per heavy atom. The normalized spacial score (nSPS) is 13.0. The largest absolute Gasteiger partial charge is 0.490 e. The van der Waals surface area contributed by atoms with Crippen LogP contribution in [0.2, 0.25) is 5.02 Å². The predicted molar refractivity (Wildman–Crippen MR) is 223 cm³/mol. The molecule has 0 aliphatic heterocycles. The minimum absolute atomic E-state index is 0.00278. The molecule has 0 radical (unpaired) electrons. The Kier molecular flexibility index (Phi) is 16.8. The van der Waals surface area contributed by atoms with E-state index in [1.54, 1.807) is 76.2 Å². The van der Waals surface area contributed by atoms with Gasteiger partial charge in [-0.2, -0.15) is 10.5 Å². The number of carbonyl (C=O) groups is 4. The van der Waals surface area contributed by atoms with E-state index in [0.717, 1.165) is 5.56 Å². The lowest BCUT2D eigenvalue weighted by molar-refractivity contribution is -0.165. The van der Waals surface area contributed by atoms with Gasteiger partial charge in [-0.05, 0) is 60.7 Å². The first kappa shape index (κ1) is 46.5. The number of amides is 2. The number of rotatable bonds is 19. The summed E-state index contributed by atoms with van der Waals surface area (Å²) in [7, 11) is 0. The lowest BCUT2D eigenvalue weighted by Gasteiger charge is -2.26. The molecular weight excluding hydrogens is 814 g/mol. The molecule has 0 saturated carbocycles. The number of nitriles is 2. The van der Waals surface area contributed by atoms with E-state index in [1.807, 2.05) is 0 Å². The predicted octanol–water partition coefficient (Wildman–Crippen LogP) is 4.10. The van der Waals surface area contributed by atoms with Crippen molar-refractivity contribution in [3.05, 3.63) is 76.6 Å². The van der Waals surface area contributed by atoms with Gasteiger partial charge >= 0.3 is 11.9 Å². The molecule has 2 heterocycles. The van der Waals surface area contributed by atoms with E-state index in [4.69, 9.17) is 47.4 Å². The van der Waals surface area contributed by atoms with Gasteiger partial charge in [0.05, 0.1) is 23.8 Å². The number of nitrogens with one attached hydrogen (secondary N) is 2. The number of thioether (sulfide) groups is 1. The number of pyridine rings is 1. The third kappa shape index (κ3) is 12.4. The summed E-state index contributed by atoms with van der Waals surface area (Å²) in [6.07, 6.45) is 0.313. The minimum Gasteiger partial charge on any atom is -0.490 e. The number of ether oxygens (including phenoxy) is 3. The molecule has 0 aliphatic carbocycles. The summed E-state index contributed by atoms with van der Waals surface area (Å²) in [6, 6.07) is 14.6. The van der Waals surface area contributed by atoms with Gasteiger partial charge in [-0.25, -0.2) is 19.6 Å². The molecule has 2 amide bonds. The van der Waals surface area contributed by atoms with Gasteiger partial charge in [0.2, 0.25) is 17.7 Å². The number of halogens is 1. The number of nitrogen functional groups attached to an aromatic ring is 1. The van der Waals surface area contributed by atoms with E-state index in [2.05, 4.69) is 32.7 Å². The maximum atomic E-state index is 13.4. The van der Waals surface area contributed by atoms with Crippen molar-refractivity contribution in [1.29, 1.82) is 10.5 Å². The summed E-state index contributed by atoms with van der Waals surface area (Å²) in [5.41, 5.74) is 19.5. The fraction of sp³-hybridized carbons (Fsp3) is 0.366. The quantitative estimate of drug-likeness (QED) is 0.0655. The highest BCUT2D eigenvalue weighted by Crippen LogP contribution is 2.37. The van der Waals surface area contributed by atoms with Gasteiger partial charge in [-0.1, -0.05) is 63.2 Å². The number of anilines is 1. The molecule has 19 heteroatoms. The number of carbonyl (C=O) groups excluding carboxylic acids is 4. The average Bonchev–Trinajstić information content (AvgIpc) is 3.70. The summed E-state index contributed by atoms with van der Waals surface area (Å²) in [6.45, 7) is 7.17. The van der Waals surface area contributed by atoms with Gasteiger partial charge in [0, 0.05) is 21.9 Å². The number of esters is 2. The Labute approximate surface area is 356 Å². The third-order valence-electron chi connectivity index (χ3n) is 8.74. The molecule has 4 rings (SSSR count). The molecular formula is C41H46ClN9O8S. The van der Waals surface area contributed by atoms with E-state index >= 15 is 0 Å². The average molecular weight is 860 g/mol. The van der Waals surface area contributed by atoms with Crippen LogP contribution in [0.25, 0.3) is 22.6 Å². The second-order valence-corrected chi connectivity index (χ2v) is 15.5. The van der Waals surface area contributed by atoms with Crippen molar-refractivity contribution in [2.24, 2.45) is 23.3 Å². The van der Waals surface area contributed by atoms with E-state index in [1.165, 1.54) is 24.9 Å². The standard InChI is InChI=1S/C41H46ClN9O8S/c1-21(2)34(49-32(52)16-45)40(54)58-19-29(59-41(55)35(22(3)4)50-37(53)23(5)46)18-56-28-12-8-24(9-13-28)33-30(14-43)36(47)51-39(31(33)15-44)60-20-27-17-57-38(48-27)25-6-10-26(42)11-7-25/h6-13,17,21-23,29,34-35H,16,18-20,45-46H2,1-5H3,(H2,47,51)(H,49,52)(H,50,53)/t23?,29-,34?,35?/m0/s1. The second-order valence-electron chi connectivity index (χ2n) is 14.1. The molecule has 0 aliphatic rings. The van der Waals surface area contributed by atoms with Crippen LogP contribution in [0.5, 0.6) is 5.75 Å². The van der Waals surface area contributed by atoms with E-state index in [-0.39, 0.29) is 58.1 Å². The van der Waals surface area contributed by atoms with Gasteiger partial charge in [-0.3, -0.25) is 9.59 Å². The van der Waals surface area contributed by atoms with Crippen LogP contribution in [0.15, 0.2) is 64.2 Å². The minimum atomic E-state index is -1.19. The fourth-order valence-corrected chi connectivity index (χ4v) is 6.47. The van der Waals surface area contributed by atoms with Crippen LogP contribution in [0, 0.1) is 34.5 Å². The van der Waals surface area contributed by atoms with E-state index in [9.17, 15) is 29.7 Å². The zero-order valence-electron chi connectivity index (χ0n) is 33.6. The number of nitrogens with two attached hydrogens (primary N) is 3. The van der Waals surface area contributed by atoms with Crippen molar-refractivity contribution in [2.75, 3.05) is 25.5 Å². The molecule has 4 atom stereocenters. The summed E-state index contributed by atoms with van der Waals surface area (Å²) in [5, 5.41) is 26.3. The molecule has 17 nitrogen and oxygen atoms in total. The van der Waals surface area contributed by atoms with Gasteiger partial charge < -0.3 is 46.5 Å². The highest BCUT2D eigenvalue weighted by Gasteiger charge is 2.31. The Bertz CT molecular complexity index is 2240. The van der Waals surface area contributed by atoms with Crippen LogP contribution in [0.3, 0.4) is 0 Å². The molecule has 2 aromatic heterocycles. The molecule has 0 bridgehead atoms. The Hall–Kier alpha value is -6.18. The maximum absolute atomic E-state index is 13.4.